The topological polar surface area (TPSA) is 87.5 Å². The quantitative estimate of drug-likeness (QED) is 0.386. The lowest BCUT2D eigenvalue weighted by Crippen LogP contribution is -2.42. The number of aromatic nitrogens is 3. The van der Waals surface area contributed by atoms with E-state index in [1.165, 1.54) is 0 Å². The molecule has 1 fully saturated rings. The number of hydrogen-bond donors (Lipinski definition) is 3. The highest BCUT2D eigenvalue weighted by Crippen LogP contribution is 2.25. The molecule has 0 atom stereocenters. The van der Waals surface area contributed by atoms with Crippen LogP contribution in [-0.2, 0) is 11.3 Å². The maximum atomic E-state index is 10.3. The van der Waals surface area contributed by atoms with Gasteiger partial charge in [-0.2, -0.15) is 0 Å². The molecule has 0 spiro atoms. The summed E-state index contributed by atoms with van der Waals surface area (Å²) in [7, 11) is 1.75. The summed E-state index contributed by atoms with van der Waals surface area (Å²) in [4.78, 5) is 12.0. The third-order valence-corrected chi connectivity index (χ3v) is 6.28. The van der Waals surface area contributed by atoms with Crippen LogP contribution < -0.4 is 10.6 Å². The number of fused-ring (bicyclic) bond motifs is 1. The summed E-state index contributed by atoms with van der Waals surface area (Å²) < 4.78 is 7.22. The summed E-state index contributed by atoms with van der Waals surface area (Å²) in [5.74, 6) is 1.06. The smallest absolute Gasteiger partial charge is 0.204 e. The van der Waals surface area contributed by atoms with Gasteiger partial charge in [0.1, 0.15) is 11.4 Å². The van der Waals surface area contributed by atoms with Crippen LogP contribution in [0.3, 0.4) is 0 Å². The minimum Gasteiger partial charge on any atom is -0.506 e. The molecule has 3 heterocycles. The van der Waals surface area contributed by atoms with Crippen LogP contribution in [0.5, 0.6) is 5.75 Å². The van der Waals surface area contributed by atoms with Crippen LogP contribution in [0.15, 0.2) is 36.4 Å². The van der Waals surface area contributed by atoms with Gasteiger partial charge in [0.2, 0.25) is 5.95 Å². The Kier molecular flexibility index (Phi) is 8.15. The number of aromatic hydroxyl groups is 1. The third kappa shape index (κ3) is 6.22. The molecule has 0 aliphatic carbocycles. The molecule has 8 nitrogen and oxygen atoms in total. The maximum Gasteiger partial charge on any atom is 0.204 e. The fourth-order valence-electron chi connectivity index (χ4n) is 4.40. The molecular formula is C25H36N6O2. The molecule has 1 aromatic carbocycles. The SMILES string of the molecule is COCCCNCCN1CCC(Nc2nc3ccccc3n2Cc2nc(C)ccc2O)CC1. The number of hydrogen-bond acceptors (Lipinski definition) is 7. The van der Waals surface area contributed by atoms with Crippen LogP contribution in [-0.4, -0.2) is 77.0 Å². The number of aryl methyl sites for hydroxylation is 1. The van der Waals surface area contributed by atoms with E-state index in [2.05, 4.69) is 31.2 Å². The van der Waals surface area contributed by atoms with Gasteiger partial charge in [0.15, 0.2) is 0 Å². The molecule has 2 aromatic heterocycles. The van der Waals surface area contributed by atoms with Gasteiger partial charge in [-0.05, 0) is 57.0 Å². The average Bonchev–Trinajstić information content (AvgIpc) is 3.16. The van der Waals surface area contributed by atoms with E-state index in [1.54, 1.807) is 13.2 Å². The fraction of sp³-hybridized carbons (Fsp3) is 0.520. The molecule has 0 radical (unpaired) electrons. The number of pyridine rings is 1. The number of likely N-dealkylation sites (tertiary alicyclic amines) is 1. The maximum absolute atomic E-state index is 10.3. The van der Waals surface area contributed by atoms with Crippen molar-refractivity contribution in [2.75, 3.05) is 51.8 Å². The van der Waals surface area contributed by atoms with Crippen molar-refractivity contribution in [1.82, 2.24) is 24.8 Å². The van der Waals surface area contributed by atoms with E-state index in [-0.39, 0.29) is 5.75 Å². The molecule has 0 amide bonds. The minimum absolute atomic E-state index is 0.216. The van der Waals surface area contributed by atoms with Gasteiger partial charge in [0.25, 0.3) is 0 Å². The number of rotatable bonds is 11. The van der Waals surface area contributed by atoms with Crippen molar-refractivity contribution in [3.63, 3.8) is 0 Å². The number of ether oxygens (including phenoxy) is 1. The zero-order valence-corrected chi connectivity index (χ0v) is 19.8. The van der Waals surface area contributed by atoms with Gasteiger partial charge in [-0.25, -0.2) is 4.98 Å². The number of piperidine rings is 1. The van der Waals surface area contributed by atoms with Crippen molar-refractivity contribution in [2.24, 2.45) is 0 Å². The number of nitrogens with zero attached hydrogens (tertiary/aromatic N) is 4. The molecule has 0 unspecified atom stereocenters. The van der Waals surface area contributed by atoms with Gasteiger partial charge >= 0.3 is 0 Å². The number of para-hydroxylation sites is 2. The highest BCUT2D eigenvalue weighted by Gasteiger charge is 2.21. The first-order valence-electron chi connectivity index (χ1n) is 11.9. The van der Waals surface area contributed by atoms with E-state index in [9.17, 15) is 5.11 Å². The number of imidazole rings is 1. The highest BCUT2D eigenvalue weighted by molar-refractivity contribution is 5.78. The standard InChI is InChI=1S/C25H36N6O2/c1-19-8-9-24(32)22(27-19)18-31-23-7-4-3-6-21(23)29-25(31)28-20-10-14-30(15-11-20)16-13-26-12-5-17-33-2/h3-4,6-9,20,26,32H,5,10-18H2,1-2H3,(H,28,29). The Balaban J connectivity index is 1.37. The third-order valence-electron chi connectivity index (χ3n) is 6.28. The molecule has 1 aliphatic heterocycles. The van der Waals surface area contributed by atoms with E-state index < -0.39 is 0 Å². The first kappa shape index (κ1) is 23.5. The van der Waals surface area contributed by atoms with E-state index in [4.69, 9.17) is 9.72 Å². The van der Waals surface area contributed by atoms with Crippen LogP contribution in [0.25, 0.3) is 11.0 Å². The number of anilines is 1. The molecule has 0 bridgehead atoms. The molecule has 33 heavy (non-hydrogen) atoms. The van der Waals surface area contributed by atoms with E-state index in [0.29, 0.717) is 18.3 Å². The van der Waals surface area contributed by atoms with Crippen molar-refractivity contribution in [2.45, 2.75) is 38.8 Å². The Morgan fingerprint density at radius 1 is 1.09 bits per heavy atom. The monoisotopic (exact) mass is 452 g/mol. The molecule has 1 saturated heterocycles. The van der Waals surface area contributed by atoms with Crippen LogP contribution >= 0.6 is 0 Å². The van der Waals surface area contributed by atoms with Crippen LogP contribution in [0, 0.1) is 6.92 Å². The Morgan fingerprint density at radius 3 is 2.73 bits per heavy atom. The average molecular weight is 453 g/mol. The van der Waals surface area contributed by atoms with Crippen molar-refractivity contribution in [3.8, 4) is 5.75 Å². The minimum atomic E-state index is 0.216. The summed E-state index contributed by atoms with van der Waals surface area (Å²) in [5.41, 5.74) is 3.54. The van der Waals surface area contributed by atoms with E-state index in [0.717, 1.165) is 81.3 Å². The van der Waals surface area contributed by atoms with Gasteiger partial charge in [-0.1, -0.05) is 12.1 Å². The molecule has 0 saturated carbocycles. The summed E-state index contributed by atoms with van der Waals surface area (Å²) in [6.45, 7) is 8.50. The second kappa shape index (κ2) is 11.4. The Bertz CT molecular complexity index is 1030. The number of benzene rings is 1. The van der Waals surface area contributed by atoms with Crippen molar-refractivity contribution in [1.29, 1.82) is 0 Å². The zero-order chi connectivity index (χ0) is 23.0. The fourth-order valence-corrected chi connectivity index (χ4v) is 4.40. The van der Waals surface area contributed by atoms with Crippen molar-refractivity contribution >= 4 is 17.0 Å². The predicted molar refractivity (Wildman–Crippen MR) is 132 cm³/mol. The lowest BCUT2D eigenvalue weighted by atomic mass is 10.1. The lowest BCUT2D eigenvalue weighted by Gasteiger charge is -2.32. The Hall–Kier alpha value is -2.68. The largest absolute Gasteiger partial charge is 0.506 e. The van der Waals surface area contributed by atoms with Gasteiger partial charge < -0.3 is 29.9 Å². The first-order valence-corrected chi connectivity index (χ1v) is 11.9. The number of nitrogens with one attached hydrogen (secondary N) is 2. The predicted octanol–water partition coefficient (Wildman–Crippen LogP) is 3.00. The second-order valence-electron chi connectivity index (χ2n) is 8.79. The first-order chi connectivity index (χ1) is 16.1. The molecule has 4 rings (SSSR count). The molecular weight excluding hydrogens is 416 g/mol. The second-order valence-corrected chi connectivity index (χ2v) is 8.79. The Morgan fingerprint density at radius 2 is 1.91 bits per heavy atom. The summed E-state index contributed by atoms with van der Waals surface area (Å²) in [6, 6.07) is 12.1. The zero-order valence-electron chi connectivity index (χ0n) is 19.8. The highest BCUT2D eigenvalue weighted by atomic mass is 16.5. The Labute approximate surface area is 196 Å². The van der Waals surface area contributed by atoms with Crippen LogP contribution in [0.1, 0.15) is 30.7 Å². The van der Waals surface area contributed by atoms with Gasteiger partial charge in [-0.3, -0.25) is 4.98 Å². The summed E-state index contributed by atoms with van der Waals surface area (Å²) in [5, 5.41) is 17.5. The summed E-state index contributed by atoms with van der Waals surface area (Å²) >= 11 is 0. The van der Waals surface area contributed by atoms with Gasteiger partial charge in [-0.15, -0.1) is 0 Å². The van der Waals surface area contributed by atoms with Gasteiger partial charge in [0, 0.05) is 51.6 Å². The lowest BCUT2D eigenvalue weighted by molar-refractivity contribution is 0.191. The van der Waals surface area contributed by atoms with Crippen molar-refractivity contribution < 1.29 is 9.84 Å². The number of methoxy groups -OCH3 is 1. The molecule has 1 aliphatic rings. The summed E-state index contributed by atoms with van der Waals surface area (Å²) in [6.07, 6.45) is 3.22. The molecule has 178 valence electrons. The normalized spacial score (nSPS) is 15.3. The van der Waals surface area contributed by atoms with Crippen LogP contribution in [0.4, 0.5) is 5.95 Å². The molecule has 3 N–H and O–H groups in total. The van der Waals surface area contributed by atoms with Crippen molar-refractivity contribution in [3.05, 3.63) is 47.8 Å². The van der Waals surface area contributed by atoms with E-state index in [1.807, 2.05) is 31.2 Å². The van der Waals surface area contributed by atoms with Crippen LogP contribution in [0.2, 0.25) is 0 Å². The molecule has 8 heteroatoms. The van der Waals surface area contributed by atoms with E-state index >= 15 is 0 Å². The molecule has 3 aromatic rings. The van der Waals surface area contributed by atoms with Gasteiger partial charge in [0.05, 0.1) is 17.6 Å².